The van der Waals surface area contributed by atoms with Crippen molar-refractivity contribution in [1.29, 1.82) is 0 Å². The number of hydrogen-bond donors (Lipinski definition) is 0. The molecule has 0 saturated heterocycles. The first-order valence-electron chi connectivity index (χ1n) is 4.55. The third-order valence-corrected chi connectivity index (χ3v) is 2.53. The Balaban J connectivity index is 2.37. The van der Waals surface area contributed by atoms with E-state index in [1.165, 1.54) is 11.3 Å². The highest BCUT2D eigenvalue weighted by Gasteiger charge is 2.19. The van der Waals surface area contributed by atoms with Crippen molar-refractivity contribution >= 4 is 0 Å². The lowest BCUT2D eigenvalue weighted by Gasteiger charge is -2.12. The predicted octanol–water partition coefficient (Wildman–Crippen LogP) is 2.01. The van der Waals surface area contributed by atoms with Crippen LogP contribution in [0.3, 0.4) is 0 Å². The third kappa shape index (κ3) is 1.07. The van der Waals surface area contributed by atoms with Crippen LogP contribution in [-0.2, 0) is 13.1 Å². The zero-order valence-corrected chi connectivity index (χ0v) is 8.04. The Morgan fingerprint density at radius 2 is 2.08 bits per heavy atom. The van der Waals surface area contributed by atoms with Crippen molar-refractivity contribution < 1.29 is 0 Å². The second-order valence-corrected chi connectivity index (χ2v) is 3.96. The molecule has 0 N–H and O–H groups in total. The zero-order valence-electron chi connectivity index (χ0n) is 8.04. The minimum absolute atomic E-state index is 0.597. The van der Waals surface area contributed by atoms with Crippen LogP contribution < -0.4 is 0 Å². The van der Waals surface area contributed by atoms with E-state index in [4.69, 9.17) is 0 Å². The molecular formula is C10H16N2. The summed E-state index contributed by atoms with van der Waals surface area (Å²) < 4.78 is 2.37. The fourth-order valence-electron chi connectivity index (χ4n) is 1.94. The molecule has 1 aliphatic rings. The Kier molecular flexibility index (Phi) is 1.72. The van der Waals surface area contributed by atoms with Crippen molar-refractivity contribution in [1.82, 2.24) is 9.47 Å². The van der Waals surface area contributed by atoms with Gasteiger partial charge in [-0.1, -0.05) is 0 Å². The van der Waals surface area contributed by atoms with Crippen molar-refractivity contribution in [2.45, 2.75) is 33.0 Å². The maximum atomic E-state index is 2.37. The van der Waals surface area contributed by atoms with Crippen LogP contribution in [0.1, 0.15) is 31.1 Å². The van der Waals surface area contributed by atoms with E-state index < -0.39 is 0 Å². The minimum Gasteiger partial charge on any atom is -0.347 e. The van der Waals surface area contributed by atoms with E-state index in [2.05, 4.69) is 42.6 Å². The summed E-state index contributed by atoms with van der Waals surface area (Å²) in [7, 11) is 2.17. The Labute approximate surface area is 73.8 Å². The van der Waals surface area contributed by atoms with Gasteiger partial charge in [0.15, 0.2) is 0 Å². The summed E-state index contributed by atoms with van der Waals surface area (Å²) in [5.74, 6) is 0. The number of fused-ring (bicyclic) bond motifs is 1. The molecule has 2 rings (SSSR count). The van der Waals surface area contributed by atoms with Crippen LogP contribution in [0, 0.1) is 0 Å². The van der Waals surface area contributed by atoms with Gasteiger partial charge in [-0.25, -0.2) is 0 Å². The molecule has 12 heavy (non-hydrogen) atoms. The molecule has 66 valence electrons. The molecule has 0 fully saturated rings. The molecule has 0 bridgehead atoms. The van der Waals surface area contributed by atoms with Crippen LogP contribution in [0.5, 0.6) is 0 Å². The second kappa shape index (κ2) is 2.63. The molecule has 0 amide bonds. The number of rotatable bonds is 1. The van der Waals surface area contributed by atoms with E-state index in [0.29, 0.717) is 6.04 Å². The van der Waals surface area contributed by atoms with Crippen molar-refractivity contribution in [2.75, 3.05) is 7.05 Å². The third-order valence-electron chi connectivity index (χ3n) is 2.53. The lowest BCUT2D eigenvalue weighted by Crippen LogP contribution is -2.11. The van der Waals surface area contributed by atoms with Crippen LogP contribution in [0.15, 0.2) is 12.3 Å². The van der Waals surface area contributed by atoms with Crippen LogP contribution in [-0.4, -0.2) is 16.5 Å². The molecule has 0 aromatic carbocycles. The maximum absolute atomic E-state index is 2.37. The molecular weight excluding hydrogens is 148 g/mol. The Morgan fingerprint density at radius 1 is 1.33 bits per heavy atom. The Hall–Kier alpha value is -0.760. The van der Waals surface area contributed by atoms with E-state index in [1.54, 1.807) is 0 Å². The monoisotopic (exact) mass is 164 g/mol. The van der Waals surface area contributed by atoms with E-state index in [9.17, 15) is 0 Å². The predicted molar refractivity (Wildman–Crippen MR) is 50.0 cm³/mol. The van der Waals surface area contributed by atoms with Crippen LogP contribution in [0.25, 0.3) is 0 Å². The van der Waals surface area contributed by atoms with Gasteiger partial charge in [0.1, 0.15) is 0 Å². The largest absolute Gasteiger partial charge is 0.347 e. The van der Waals surface area contributed by atoms with Crippen LogP contribution in [0.4, 0.5) is 0 Å². The molecule has 2 heterocycles. The molecule has 2 nitrogen and oxygen atoms in total. The summed E-state index contributed by atoms with van der Waals surface area (Å²) in [5.41, 5.74) is 3.01. The Morgan fingerprint density at radius 3 is 2.75 bits per heavy atom. The topological polar surface area (TPSA) is 8.17 Å². The summed E-state index contributed by atoms with van der Waals surface area (Å²) >= 11 is 0. The average molecular weight is 164 g/mol. The highest BCUT2D eigenvalue weighted by Crippen LogP contribution is 2.24. The zero-order chi connectivity index (χ0) is 8.72. The Bertz CT molecular complexity index is 286. The molecule has 0 saturated carbocycles. The highest BCUT2D eigenvalue weighted by atomic mass is 15.2. The lowest BCUT2D eigenvalue weighted by molar-refractivity contribution is 0.343. The van der Waals surface area contributed by atoms with Crippen molar-refractivity contribution in [2.24, 2.45) is 0 Å². The molecule has 0 spiro atoms. The SMILES string of the molecule is CC(C)n1ccc2c1CN(C)C2. The summed E-state index contributed by atoms with van der Waals surface area (Å²) in [4.78, 5) is 2.35. The van der Waals surface area contributed by atoms with Gasteiger partial charge >= 0.3 is 0 Å². The molecule has 1 aromatic heterocycles. The summed E-state index contributed by atoms with van der Waals surface area (Å²) in [6.45, 7) is 6.70. The van der Waals surface area contributed by atoms with Gasteiger partial charge < -0.3 is 4.57 Å². The van der Waals surface area contributed by atoms with Gasteiger partial charge in [0.25, 0.3) is 0 Å². The molecule has 0 aliphatic carbocycles. The van der Waals surface area contributed by atoms with E-state index >= 15 is 0 Å². The van der Waals surface area contributed by atoms with Crippen molar-refractivity contribution in [3.63, 3.8) is 0 Å². The normalized spacial score (nSPS) is 17.3. The first-order chi connectivity index (χ1) is 5.68. The van der Waals surface area contributed by atoms with E-state index in [0.717, 1.165) is 13.1 Å². The van der Waals surface area contributed by atoms with Gasteiger partial charge in [-0.3, -0.25) is 4.90 Å². The van der Waals surface area contributed by atoms with Gasteiger partial charge in [0.2, 0.25) is 0 Å². The van der Waals surface area contributed by atoms with Gasteiger partial charge in [0.05, 0.1) is 0 Å². The number of nitrogens with zero attached hydrogens (tertiary/aromatic N) is 2. The fraction of sp³-hybridized carbons (Fsp3) is 0.600. The van der Waals surface area contributed by atoms with Crippen molar-refractivity contribution in [3.8, 4) is 0 Å². The maximum Gasteiger partial charge on any atom is 0.0391 e. The number of hydrogen-bond acceptors (Lipinski definition) is 1. The molecule has 1 aliphatic heterocycles. The highest BCUT2D eigenvalue weighted by molar-refractivity contribution is 5.26. The molecule has 0 unspecified atom stereocenters. The molecule has 0 atom stereocenters. The fourth-order valence-corrected chi connectivity index (χ4v) is 1.94. The summed E-state index contributed by atoms with van der Waals surface area (Å²) in [6.07, 6.45) is 2.21. The van der Waals surface area contributed by atoms with Gasteiger partial charge in [0, 0.05) is 31.0 Å². The minimum atomic E-state index is 0.597. The molecule has 1 aromatic rings. The second-order valence-electron chi connectivity index (χ2n) is 3.96. The smallest absolute Gasteiger partial charge is 0.0391 e. The lowest BCUT2D eigenvalue weighted by atomic mass is 10.3. The van der Waals surface area contributed by atoms with Gasteiger partial charge in [-0.15, -0.1) is 0 Å². The van der Waals surface area contributed by atoms with Crippen LogP contribution in [0.2, 0.25) is 0 Å². The van der Waals surface area contributed by atoms with Gasteiger partial charge in [-0.05, 0) is 32.5 Å². The standard InChI is InChI=1S/C10H16N2/c1-8(2)12-5-4-9-6-11(3)7-10(9)12/h4-5,8H,6-7H2,1-3H3. The van der Waals surface area contributed by atoms with Gasteiger partial charge in [-0.2, -0.15) is 0 Å². The summed E-state index contributed by atoms with van der Waals surface area (Å²) in [5, 5.41) is 0. The quantitative estimate of drug-likeness (QED) is 0.616. The molecule has 0 radical (unpaired) electrons. The van der Waals surface area contributed by atoms with E-state index in [-0.39, 0.29) is 0 Å². The summed E-state index contributed by atoms with van der Waals surface area (Å²) in [6, 6.07) is 2.85. The number of aromatic nitrogens is 1. The average Bonchev–Trinajstić information content (AvgIpc) is 2.43. The first-order valence-corrected chi connectivity index (χ1v) is 4.55. The van der Waals surface area contributed by atoms with Crippen LogP contribution >= 0.6 is 0 Å². The first kappa shape index (κ1) is 7.87. The van der Waals surface area contributed by atoms with Crippen molar-refractivity contribution in [3.05, 3.63) is 23.5 Å². The molecule has 2 heteroatoms. The van der Waals surface area contributed by atoms with E-state index in [1.807, 2.05) is 0 Å².